The Balaban J connectivity index is 1.07. The van der Waals surface area contributed by atoms with Crippen molar-refractivity contribution >= 4 is 27.5 Å². The summed E-state index contributed by atoms with van der Waals surface area (Å²) < 4.78 is 1.89. The van der Waals surface area contributed by atoms with Crippen LogP contribution in [-0.4, -0.2) is 62.3 Å². The molecule has 1 aliphatic carbocycles. The predicted octanol–water partition coefficient (Wildman–Crippen LogP) is 4.79. The summed E-state index contributed by atoms with van der Waals surface area (Å²) in [6, 6.07) is 15.2. The van der Waals surface area contributed by atoms with E-state index in [9.17, 15) is 0 Å². The minimum atomic E-state index is 0.646. The summed E-state index contributed by atoms with van der Waals surface area (Å²) in [5, 5.41) is 18.8. The molecule has 0 bridgehead atoms. The first-order valence-electron chi connectivity index (χ1n) is 12.9. The Morgan fingerprint density at radius 3 is 2.72 bits per heavy atom. The number of hydrogen-bond acceptors (Lipinski definition) is 5. The lowest BCUT2D eigenvalue weighted by Crippen LogP contribution is -2.32. The molecule has 8 heteroatoms. The smallest absolute Gasteiger partial charge is 0.133 e. The fourth-order valence-corrected chi connectivity index (χ4v) is 6.06. The molecule has 2 fully saturated rings. The Bertz CT molecular complexity index is 1550. The minimum Gasteiger partial charge on any atom is -0.378 e. The number of H-pyrrole nitrogens is 2. The first-order valence-corrected chi connectivity index (χ1v) is 12.9. The maximum atomic E-state index is 4.52. The topological polar surface area (TPSA) is 81.7 Å². The zero-order valence-electron chi connectivity index (χ0n) is 21.0. The first kappa shape index (κ1) is 21.6. The molecule has 7 rings (SSSR count). The van der Waals surface area contributed by atoms with Gasteiger partial charge in [0.15, 0.2) is 0 Å². The van der Waals surface area contributed by atoms with Gasteiger partial charge in [0.05, 0.1) is 18.3 Å². The van der Waals surface area contributed by atoms with Crippen LogP contribution in [0.1, 0.15) is 36.9 Å². The number of nitrogens with zero attached hydrogens (tertiary/aromatic N) is 6. The SMILES string of the molecule is CN(C)c1ccc2c(-c3cn(Cc4ccc5cc(CN6CCC7(CCC7)C6)[nH]c5c4)nn3)n[nH]c2c1. The van der Waals surface area contributed by atoms with Crippen LogP contribution >= 0.6 is 0 Å². The van der Waals surface area contributed by atoms with Crippen LogP contribution in [0.4, 0.5) is 5.69 Å². The van der Waals surface area contributed by atoms with E-state index in [1.807, 2.05) is 25.0 Å². The van der Waals surface area contributed by atoms with Crippen LogP contribution in [0.25, 0.3) is 33.2 Å². The van der Waals surface area contributed by atoms with Crippen LogP contribution in [0.3, 0.4) is 0 Å². The number of likely N-dealkylation sites (tertiary alicyclic amines) is 1. The molecule has 184 valence electrons. The van der Waals surface area contributed by atoms with E-state index in [-0.39, 0.29) is 0 Å². The van der Waals surface area contributed by atoms with Gasteiger partial charge in [0.25, 0.3) is 0 Å². The zero-order valence-corrected chi connectivity index (χ0v) is 21.0. The highest BCUT2D eigenvalue weighted by molar-refractivity contribution is 5.93. The molecule has 0 unspecified atom stereocenters. The Morgan fingerprint density at radius 1 is 1.00 bits per heavy atom. The van der Waals surface area contributed by atoms with Crippen molar-refractivity contribution in [3.63, 3.8) is 0 Å². The lowest BCUT2D eigenvalue weighted by Gasteiger charge is -2.38. The van der Waals surface area contributed by atoms with E-state index >= 15 is 0 Å². The third-order valence-electron chi connectivity index (χ3n) is 8.26. The molecule has 0 atom stereocenters. The number of benzene rings is 2. The summed E-state index contributed by atoms with van der Waals surface area (Å²) in [4.78, 5) is 8.37. The molecule has 5 aromatic rings. The number of anilines is 1. The second kappa shape index (κ2) is 8.20. The summed E-state index contributed by atoms with van der Waals surface area (Å²) >= 11 is 0. The number of hydrogen-bond donors (Lipinski definition) is 2. The monoisotopic (exact) mass is 480 g/mol. The van der Waals surface area contributed by atoms with E-state index in [1.165, 1.54) is 60.9 Å². The number of rotatable bonds is 6. The Hall–Kier alpha value is -3.65. The van der Waals surface area contributed by atoms with E-state index < -0.39 is 0 Å². The maximum absolute atomic E-state index is 4.52. The molecule has 1 aliphatic heterocycles. The Labute approximate surface area is 210 Å². The van der Waals surface area contributed by atoms with Crippen LogP contribution < -0.4 is 4.90 Å². The van der Waals surface area contributed by atoms with Gasteiger partial charge in [-0.25, -0.2) is 4.68 Å². The van der Waals surface area contributed by atoms with Crippen molar-refractivity contribution in [3.8, 4) is 11.4 Å². The van der Waals surface area contributed by atoms with Gasteiger partial charge in [0.2, 0.25) is 0 Å². The summed E-state index contributed by atoms with van der Waals surface area (Å²) in [6.45, 7) is 4.19. The third-order valence-corrected chi connectivity index (χ3v) is 8.26. The lowest BCUT2D eigenvalue weighted by atomic mass is 9.68. The minimum absolute atomic E-state index is 0.646. The maximum Gasteiger partial charge on any atom is 0.133 e. The molecule has 4 heterocycles. The fourth-order valence-electron chi connectivity index (χ4n) is 6.06. The molecule has 1 saturated heterocycles. The van der Waals surface area contributed by atoms with Gasteiger partial charge in [-0.05, 0) is 72.5 Å². The van der Waals surface area contributed by atoms with Crippen molar-refractivity contribution in [2.24, 2.45) is 5.41 Å². The largest absolute Gasteiger partial charge is 0.378 e. The van der Waals surface area contributed by atoms with Crippen molar-refractivity contribution in [1.29, 1.82) is 0 Å². The van der Waals surface area contributed by atoms with Crippen LogP contribution in [0, 0.1) is 5.41 Å². The number of aromatic amines is 2. The van der Waals surface area contributed by atoms with Crippen LogP contribution in [0.5, 0.6) is 0 Å². The van der Waals surface area contributed by atoms with Crippen molar-refractivity contribution in [2.75, 3.05) is 32.1 Å². The van der Waals surface area contributed by atoms with Gasteiger partial charge in [0, 0.05) is 49.5 Å². The molecular weight excluding hydrogens is 448 g/mol. The van der Waals surface area contributed by atoms with Gasteiger partial charge in [0.1, 0.15) is 11.4 Å². The molecule has 2 aliphatic rings. The number of fused-ring (bicyclic) bond motifs is 2. The van der Waals surface area contributed by atoms with Gasteiger partial charge < -0.3 is 9.88 Å². The molecule has 36 heavy (non-hydrogen) atoms. The standard InChI is InChI=1S/C28H32N8/c1-34(2)22-6-7-23-25(14-22)30-32-27(23)26-17-36(33-31-26)15-19-4-5-20-13-21(29-24(20)12-19)16-35-11-10-28(18-35)8-3-9-28/h4-7,12-14,17,29H,3,8-11,15-16,18H2,1-2H3,(H,30,32). The molecule has 0 radical (unpaired) electrons. The van der Waals surface area contributed by atoms with Gasteiger partial charge in [-0.15, -0.1) is 5.10 Å². The molecular formula is C28H32N8. The Morgan fingerprint density at radius 2 is 1.92 bits per heavy atom. The average Bonchev–Trinajstić information content (AvgIpc) is 3.63. The normalized spacial score (nSPS) is 17.4. The molecule has 3 aromatic heterocycles. The predicted molar refractivity (Wildman–Crippen MR) is 143 cm³/mol. The summed E-state index contributed by atoms with van der Waals surface area (Å²) in [6.07, 6.45) is 7.63. The third kappa shape index (κ3) is 3.76. The van der Waals surface area contributed by atoms with Crippen molar-refractivity contribution < 1.29 is 0 Å². The first-order chi connectivity index (χ1) is 17.5. The van der Waals surface area contributed by atoms with Gasteiger partial charge >= 0.3 is 0 Å². The fraction of sp³-hybridized carbons (Fsp3) is 0.393. The van der Waals surface area contributed by atoms with E-state index in [0.29, 0.717) is 12.0 Å². The van der Waals surface area contributed by atoms with E-state index in [2.05, 4.69) is 77.8 Å². The quantitative estimate of drug-likeness (QED) is 0.365. The van der Waals surface area contributed by atoms with Crippen LogP contribution in [-0.2, 0) is 13.1 Å². The van der Waals surface area contributed by atoms with E-state index in [4.69, 9.17) is 0 Å². The average molecular weight is 481 g/mol. The highest BCUT2D eigenvalue weighted by Crippen LogP contribution is 2.48. The number of nitrogens with one attached hydrogen (secondary N) is 2. The van der Waals surface area contributed by atoms with Crippen molar-refractivity contribution in [3.05, 3.63) is 59.9 Å². The van der Waals surface area contributed by atoms with Crippen LogP contribution in [0.2, 0.25) is 0 Å². The van der Waals surface area contributed by atoms with Gasteiger partial charge in [-0.2, -0.15) is 5.10 Å². The zero-order chi connectivity index (χ0) is 24.3. The molecule has 8 nitrogen and oxygen atoms in total. The molecule has 2 aromatic carbocycles. The van der Waals surface area contributed by atoms with Gasteiger partial charge in [-0.3, -0.25) is 10.00 Å². The van der Waals surface area contributed by atoms with E-state index in [1.54, 1.807) is 0 Å². The molecule has 2 N–H and O–H groups in total. The molecule has 0 amide bonds. The van der Waals surface area contributed by atoms with Crippen molar-refractivity contribution in [1.82, 2.24) is 35.1 Å². The summed E-state index contributed by atoms with van der Waals surface area (Å²) in [5.41, 5.74) is 8.08. The van der Waals surface area contributed by atoms with Crippen molar-refractivity contribution in [2.45, 2.75) is 38.8 Å². The lowest BCUT2D eigenvalue weighted by molar-refractivity contribution is 0.137. The highest BCUT2D eigenvalue weighted by Gasteiger charge is 2.42. The second-order valence-corrected chi connectivity index (χ2v) is 11.0. The molecule has 1 spiro atoms. The summed E-state index contributed by atoms with van der Waals surface area (Å²) in [7, 11) is 4.07. The summed E-state index contributed by atoms with van der Waals surface area (Å²) in [5.74, 6) is 0. The van der Waals surface area contributed by atoms with Crippen LogP contribution in [0.15, 0.2) is 48.7 Å². The Kier molecular flexibility index (Phi) is 4.92. The van der Waals surface area contributed by atoms with E-state index in [0.717, 1.165) is 34.5 Å². The van der Waals surface area contributed by atoms with Gasteiger partial charge in [-0.1, -0.05) is 23.8 Å². The second-order valence-electron chi connectivity index (χ2n) is 11.0. The highest BCUT2D eigenvalue weighted by atomic mass is 15.4. The number of aromatic nitrogens is 6. The molecule has 1 saturated carbocycles.